The van der Waals surface area contributed by atoms with Crippen molar-refractivity contribution in [1.82, 2.24) is 4.98 Å². The number of hydrogen-bond acceptors (Lipinski definition) is 8. The van der Waals surface area contributed by atoms with Crippen LogP contribution < -0.4 is 0 Å². The van der Waals surface area contributed by atoms with Gasteiger partial charge in [0.15, 0.2) is 11.6 Å². The lowest BCUT2D eigenvalue weighted by molar-refractivity contribution is -0.153. The summed E-state index contributed by atoms with van der Waals surface area (Å²) in [4.78, 5) is 43.3. The summed E-state index contributed by atoms with van der Waals surface area (Å²) in [5.74, 6) is -2.31. The molecular weight excluding hydrogens is 454 g/mol. The second-order valence-electron chi connectivity index (χ2n) is 10.4. The summed E-state index contributed by atoms with van der Waals surface area (Å²) in [6.45, 7) is 10.5. The van der Waals surface area contributed by atoms with E-state index in [4.69, 9.17) is 9.47 Å². The zero-order chi connectivity index (χ0) is 25.2. The van der Waals surface area contributed by atoms with Crippen LogP contribution in [0.15, 0.2) is 11.0 Å². The van der Waals surface area contributed by atoms with Gasteiger partial charge in [-0.3, -0.25) is 14.4 Å². The highest BCUT2D eigenvalue weighted by atomic mass is 32.1. The smallest absolute Gasteiger partial charge is 0.313 e. The lowest BCUT2D eigenvalue weighted by Crippen LogP contribution is -2.43. The van der Waals surface area contributed by atoms with Gasteiger partial charge in [0, 0.05) is 17.7 Å². The van der Waals surface area contributed by atoms with Crippen molar-refractivity contribution in [3.63, 3.8) is 0 Å². The molecule has 0 aromatic carbocycles. The molecule has 34 heavy (non-hydrogen) atoms. The average Bonchev–Trinajstić information content (AvgIpc) is 3.38. The summed E-state index contributed by atoms with van der Waals surface area (Å²) >= 11 is 1.55. The molecule has 3 heterocycles. The maximum Gasteiger partial charge on any atom is 0.313 e. The minimum Gasteiger partial charge on any atom is -0.457 e. The van der Waals surface area contributed by atoms with Crippen molar-refractivity contribution in [2.24, 2.45) is 17.3 Å². The van der Waals surface area contributed by atoms with Crippen LogP contribution in [0.1, 0.15) is 77.4 Å². The summed E-state index contributed by atoms with van der Waals surface area (Å²) in [5, 5.41) is 13.6. The zero-order valence-corrected chi connectivity index (χ0v) is 21.8. The van der Waals surface area contributed by atoms with Gasteiger partial charge in [-0.15, -0.1) is 11.3 Å². The maximum absolute atomic E-state index is 13.1. The minimum atomic E-state index is -1.39. The first-order chi connectivity index (χ1) is 15.9. The van der Waals surface area contributed by atoms with Gasteiger partial charge in [0.25, 0.3) is 0 Å². The first-order valence-electron chi connectivity index (χ1n) is 12.1. The standard InChI is InChI=1S/C26H37NO6S/c1-14-8-7-9-19-21(32-19)11-20(15(2)10-18-13-34-17(4)27-18)33-23(29)12-22(28)26(5,6)25(31)16(3)24(14)30/h10,13-14,16,19-21,24,30H,7-9,11-12H2,1-6H3/b15-10+/t14-,16+,19+,20?,21-,24-/m0/s1. The fraction of sp³-hybridized carbons (Fsp3) is 0.692. The largest absolute Gasteiger partial charge is 0.457 e. The number of epoxide rings is 1. The quantitative estimate of drug-likeness (QED) is 0.373. The number of aliphatic hydroxyl groups is 1. The van der Waals surface area contributed by atoms with Gasteiger partial charge >= 0.3 is 5.97 Å². The Balaban J connectivity index is 1.82. The Morgan fingerprint density at radius 1 is 1.21 bits per heavy atom. The monoisotopic (exact) mass is 491 g/mol. The molecule has 0 amide bonds. The van der Waals surface area contributed by atoms with Gasteiger partial charge in [0.05, 0.1) is 34.4 Å². The molecule has 6 atom stereocenters. The second kappa shape index (κ2) is 10.8. The second-order valence-corrected chi connectivity index (χ2v) is 11.4. The predicted molar refractivity (Wildman–Crippen MR) is 130 cm³/mol. The molecule has 2 aliphatic heterocycles. The van der Waals surface area contributed by atoms with E-state index in [1.54, 1.807) is 18.3 Å². The van der Waals surface area contributed by atoms with Gasteiger partial charge in [-0.2, -0.15) is 0 Å². The third-order valence-electron chi connectivity index (χ3n) is 7.20. The molecular formula is C26H37NO6S. The number of cyclic esters (lactones) is 1. The van der Waals surface area contributed by atoms with Crippen molar-refractivity contribution in [2.75, 3.05) is 0 Å². The van der Waals surface area contributed by atoms with Crippen LogP contribution in [0.2, 0.25) is 0 Å². The molecule has 1 aromatic heterocycles. The molecule has 2 fully saturated rings. The predicted octanol–water partition coefficient (Wildman–Crippen LogP) is 4.30. The van der Waals surface area contributed by atoms with Crippen LogP contribution in [0, 0.1) is 24.2 Å². The summed E-state index contributed by atoms with van der Waals surface area (Å²) in [5.41, 5.74) is 0.252. The minimum absolute atomic E-state index is 0.0147. The zero-order valence-electron chi connectivity index (χ0n) is 21.0. The Hall–Kier alpha value is -1.90. The van der Waals surface area contributed by atoms with Gasteiger partial charge in [0.2, 0.25) is 0 Å². The highest BCUT2D eigenvalue weighted by Gasteiger charge is 2.44. The molecule has 8 heteroatoms. The summed E-state index contributed by atoms with van der Waals surface area (Å²) in [6.07, 6.45) is 3.08. The lowest BCUT2D eigenvalue weighted by Gasteiger charge is -2.30. The number of ether oxygens (including phenoxy) is 2. The number of Topliss-reactive ketones (excluding diaryl/α,β-unsaturated/α-hetero) is 2. The Morgan fingerprint density at radius 2 is 1.91 bits per heavy atom. The number of nitrogens with zero attached hydrogens (tertiary/aromatic N) is 1. The Morgan fingerprint density at radius 3 is 2.56 bits per heavy atom. The van der Waals surface area contributed by atoms with Crippen LogP contribution in [0.3, 0.4) is 0 Å². The molecule has 2 saturated heterocycles. The number of aromatic nitrogens is 1. The number of fused-ring (bicyclic) bond motifs is 1. The summed E-state index contributed by atoms with van der Waals surface area (Å²) in [6, 6.07) is 0. The van der Waals surface area contributed by atoms with Crippen molar-refractivity contribution in [2.45, 2.75) is 98.1 Å². The van der Waals surface area contributed by atoms with Crippen LogP contribution in [0.4, 0.5) is 0 Å². The lowest BCUT2D eigenvalue weighted by atomic mass is 9.73. The fourth-order valence-corrected chi connectivity index (χ4v) is 5.24. The maximum atomic E-state index is 13.1. The highest BCUT2D eigenvalue weighted by molar-refractivity contribution is 7.09. The third-order valence-corrected chi connectivity index (χ3v) is 7.99. The molecule has 0 aliphatic carbocycles. The molecule has 7 nitrogen and oxygen atoms in total. The van der Waals surface area contributed by atoms with E-state index in [1.165, 1.54) is 13.8 Å². The molecule has 2 aliphatic rings. The van der Waals surface area contributed by atoms with Crippen LogP contribution in [0.5, 0.6) is 0 Å². The molecule has 3 rings (SSSR count). The Kier molecular flexibility index (Phi) is 8.47. The molecule has 0 spiro atoms. The number of aryl methyl sites for hydroxylation is 1. The van der Waals surface area contributed by atoms with Gasteiger partial charge in [-0.05, 0) is 58.1 Å². The van der Waals surface area contributed by atoms with Crippen LogP contribution in [0.25, 0.3) is 6.08 Å². The number of esters is 1. The fourth-order valence-electron chi connectivity index (χ4n) is 4.67. The van der Waals surface area contributed by atoms with E-state index >= 15 is 0 Å². The van der Waals surface area contributed by atoms with E-state index in [0.717, 1.165) is 35.5 Å². The van der Waals surface area contributed by atoms with E-state index in [1.807, 2.05) is 32.2 Å². The normalized spacial score (nSPS) is 33.9. The number of thiazole rings is 1. The van der Waals surface area contributed by atoms with Crippen LogP contribution >= 0.6 is 11.3 Å². The molecule has 1 N–H and O–H groups in total. The van der Waals surface area contributed by atoms with E-state index in [2.05, 4.69) is 4.98 Å². The molecule has 0 radical (unpaired) electrons. The van der Waals surface area contributed by atoms with E-state index in [9.17, 15) is 19.5 Å². The SMILES string of the molecule is C/C(=C\c1csc(C)n1)C1C[C@@H]2O[C@@H]2CCC[C@H](C)[C@H](O)[C@@H](C)C(=O)C(C)(C)C(=O)CC(=O)O1. The third kappa shape index (κ3) is 6.40. The van der Waals surface area contributed by atoms with Gasteiger partial charge in [-0.1, -0.05) is 20.3 Å². The van der Waals surface area contributed by atoms with Crippen LogP contribution in [-0.2, 0) is 23.9 Å². The summed E-state index contributed by atoms with van der Waals surface area (Å²) < 4.78 is 11.6. The van der Waals surface area contributed by atoms with Crippen molar-refractivity contribution < 1.29 is 29.0 Å². The molecule has 1 unspecified atom stereocenters. The number of carbonyl (C=O) groups excluding carboxylic acids is 3. The highest BCUT2D eigenvalue weighted by Crippen LogP contribution is 2.35. The van der Waals surface area contributed by atoms with Crippen LogP contribution in [-0.4, -0.2) is 52.0 Å². The molecule has 188 valence electrons. The van der Waals surface area contributed by atoms with Crippen molar-refractivity contribution in [1.29, 1.82) is 0 Å². The summed E-state index contributed by atoms with van der Waals surface area (Å²) in [7, 11) is 0. The molecule has 0 saturated carbocycles. The number of aliphatic hydroxyl groups excluding tert-OH is 1. The van der Waals surface area contributed by atoms with E-state index < -0.39 is 41.7 Å². The first-order valence-corrected chi connectivity index (χ1v) is 13.0. The Bertz CT molecular complexity index is 951. The topological polar surface area (TPSA) is 106 Å². The number of hydrogen-bond donors (Lipinski definition) is 1. The van der Waals surface area contributed by atoms with Crippen molar-refractivity contribution in [3.05, 3.63) is 21.7 Å². The van der Waals surface area contributed by atoms with E-state index in [0.29, 0.717) is 6.42 Å². The molecule has 0 bridgehead atoms. The Labute approximate surface area is 205 Å². The molecule has 1 aromatic rings. The van der Waals surface area contributed by atoms with Crippen molar-refractivity contribution in [3.8, 4) is 0 Å². The van der Waals surface area contributed by atoms with E-state index in [-0.39, 0.29) is 23.9 Å². The first kappa shape index (κ1) is 26.7. The van der Waals surface area contributed by atoms with Gasteiger partial charge < -0.3 is 14.6 Å². The van der Waals surface area contributed by atoms with Gasteiger partial charge in [0.1, 0.15) is 12.5 Å². The number of carbonyl (C=O) groups is 3. The number of rotatable bonds is 2. The average molecular weight is 492 g/mol. The number of ketones is 2. The van der Waals surface area contributed by atoms with Crippen molar-refractivity contribution >= 4 is 34.9 Å². The van der Waals surface area contributed by atoms with Gasteiger partial charge in [-0.25, -0.2) is 4.98 Å².